The second-order valence-corrected chi connectivity index (χ2v) is 10.7. The average molecular weight is 462 g/mol. The van der Waals surface area contributed by atoms with Crippen LogP contribution in [0.15, 0.2) is 32.2 Å². The highest BCUT2D eigenvalue weighted by Crippen LogP contribution is 2.30. The van der Waals surface area contributed by atoms with Crippen molar-refractivity contribution < 1.29 is 22.2 Å². The summed E-state index contributed by atoms with van der Waals surface area (Å²) in [7, 11) is -3.79. The highest BCUT2D eigenvalue weighted by atomic mass is 32.2. The molecule has 2 unspecified atom stereocenters. The highest BCUT2D eigenvalue weighted by Gasteiger charge is 2.36. The molecule has 0 spiro atoms. The number of nitrogens with zero attached hydrogens (tertiary/aromatic N) is 2. The van der Waals surface area contributed by atoms with Gasteiger partial charge in [-0.05, 0) is 62.8 Å². The number of amides is 1. The van der Waals surface area contributed by atoms with E-state index in [9.17, 15) is 13.2 Å². The summed E-state index contributed by atoms with van der Waals surface area (Å²) in [6.45, 7) is 4.41. The van der Waals surface area contributed by atoms with Crippen molar-refractivity contribution in [2.24, 2.45) is 11.8 Å². The minimum absolute atomic E-state index is 0.0593. The molecule has 2 aliphatic rings. The molecule has 1 amide bonds. The lowest BCUT2D eigenvalue weighted by Crippen LogP contribution is -2.47. The molecular formula is C23H31N3O5S. The minimum atomic E-state index is -3.79. The third-order valence-electron chi connectivity index (χ3n) is 6.64. The smallest absolute Gasteiger partial charge is 0.248 e. The number of aromatic nitrogens is 1. The first-order valence-corrected chi connectivity index (χ1v) is 12.8. The highest BCUT2D eigenvalue weighted by molar-refractivity contribution is 7.89. The van der Waals surface area contributed by atoms with Crippen molar-refractivity contribution in [3.8, 4) is 0 Å². The molecule has 9 heteroatoms. The standard InChI is InChI=1S/C23H31N3O5S/c1-16-6-3-4-8-20(16)24-23(27)18-11-13-26(14-12-18)32(28,29)22-17(2)25-31-21(22)10-9-19-7-5-15-30-19/h5,7,9-10,15-16,18,20H,3-4,6,8,11-14H2,1-2H3,(H,24,27)/b10-9+. The SMILES string of the molecule is Cc1noc(/C=C/c2ccco2)c1S(=O)(=O)N1CCC(C(=O)NC2CCCCC2C)CC1. The van der Waals surface area contributed by atoms with Crippen molar-refractivity contribution in [3.63, 3.8) is 0 Å². The zero-order valence-electron chi connectivity index (χ0n) is 18.6. The molecule has 3 heterocycles. The van der Waals surface area contributed by atoms with E-state index in [0.717, 1.165) is 19.3 Å². The molecule has 2 atom stereocenters. The van der Waals surface area contributed by atoms with Crippen molar-refractivity contribution in [3.05, 3.63) is 35.6 Å². The molecule has 1 aliphatic heterocycles. The molecule has 174 valence electrons. The van der Waals surface area contributed by atoms with E-state index in [1.165, 1.54) is 17.0 Å². The Balaban J connectivity index is 1.41. The molecule has 2 fully saturated rings. The first-order chi connectivity index (χ1) is 15.4. The van der Waals surface area contributed by atoms with E-state index in [1.54, 1.807) is 31.2 Å². The fourth-order valence-electron chi connectivity index (χ4n) is 4.66. The van der Waals surface area contributed by atoms with Crippen LogP contribution in [0.3, 0.4) is 0 Å². The third kappa shape index (κ3) is 4.83. The van der Waals surface area contributed by atoms with Crippen molar-refractivity contribution in [1.29, 1.82) is 0 Å². The zero-order chi connectivity index (χ0) is 22.7. The van der Waals surface area contributed by atoms with Crippen molar-refractivity contribution in [2.75, 3.05) is 13.1 Å². The summed E-state index contributed by atoms with van der Waals surface area (Å²) in [5.74, 6) is 1.16. The molecule has 32 heavy (non-hydrogen) atoms. The van der Waals surface area contributed by atoms with E-state index in [-0.39, 0.29) is 28.5 Å². The molecule has 2 aromatic rings. The topological polar surface area (TPSA) is 106 Å². The molecule has 0 radical (unpaired) electrons. The predicted molar refractivity (Wildman–Crippen MR) is 120 cm³/mol. The number of piperidine rings is 1. The van der Waals surface area contributed by atoms with E-state index in [0.29, 0.717) is 43.3 Å². The van der Waals surface area contributed by atoms with Gasteiger partial charge in [-0.25, -0.2) is 8.42 Å². The Bertz CT molecular complexity index is 1050. The van der Waals surface area contributed by atoms with Gasteiger partial charge in [0.15, 0.2) is 10.7 Å². The molecule has 0 aromatic carbocycles. The van der Waals surface area contributed by atoms with Gasteiger partial charge in [0.05, 0.1) is 6.26 Å². The molecule has 4 rings (SSSR count). The van der Waals surface area contributed by atoms with Crippen LogP contribution in [-0.2, 0) is 14.8 Å². The number of furan rings is 1. The van der Waals surface area contributed by atoms with Gasteiger partial charge in [0.25, 0.3) is 0 Å². The fraction of sp³-hybridized carbons (Fsp3) is 0.565. The van der Waals surface area contributed by atoms with Crippen molar-refractivity contribution in [1.82, 2.24) is 14.8 Å². The number of carbonyl (C=O) groups is 1. The second kappa shape index (κ2) is 9.62. The molecule has 0 bridgehead atoms. The van der Waals surface area contributed by atoms with Gasteiger partial charge in [0, 0.05) is 25.0 Å². The predicted octanol–water partition coefficient (Wildman–Crippen LogP) is 3.84. The van der Waals surface area contributed by atoms with Crippen LogP contribution in [0.2, 0.25) is 0 Å². The largest absolute Gasteiger partial charge is 0.465 e. The third-order valence-corrected chi connectivity index (χ3v) is 8.69. The lowest BCUT2D eigenvalue weighted by atomic mass is 9.85. The number of sulfonamides is 1. The van der Waals surface area contributed by atoms with Gasteiger partial charge < -0.3 is 14.3 Å². The average Bonchev–Trinajstić information content (AvgIpc) is 3.43. The van der Waals surface area contributed by atoms with Crippen LogP contribution in [0.1, 0.15) is 62.7 Å². The molecular weight excluding hydrogens is 430 g/mol. The number of rotatable bonds is 6. The van der Waals surface area contributed by atoms with E-state index in [2.05, 4.69) is 17.4 Å². The van der Waals surface area contributed by atoms with Gasteiger partial charge in [0.1, 0.15) is 11.5 Å². The molecule has 2 aromatic heterocycles. The Labute approximate surface area is 189 Å². The number of carbonyl (C=O) groups excluding carboxylic acids is 1. The van der Waals surface area contributed by atoms with E-state index < -0.39 is 10.0 Å². The quantitative estimate of drug-likeness (QED) is 0.701. The summed E-state index contributed by atoms with van der Waals surface area (Å²) < 4.78 is 38.7. The van der Waals surface area contributed by atoms with E-state index >= 15 is 0 Å². The second-order valence-electron chi connectivity index (χ2n) is 8.87. The Hall–Kier alpha value is -2.39. The van der Waals surface area contributed by atoms with Crippen LogP contribution in [0, 0.1) is 18.8 Å². The van der Waals surface area contributed by atoms with Gasteiger partial charge in [0.2, 0.25) is 15.9 Å². The zero-order valence-corrected chi connectivity index (χ0v) is 19.4. The maximum absolute atomic E-state index is 13.4. The van der Waals surface area contributed by atoms with Gasteiger partial charge >= 0.3 is 0 Å². The summed E-state index contributed by atoms with van der Waals surface area (Å²) in [4.78, 5) is 12.8. The maximum atomic E-state index is 13.4. The Morgan fingerprint density at radius 2 is 1.94 bits per heavy atom. The summed E-state index contributed by atoms with van der Waals surface area (Å²) in [5, 5.41) is 7.08. The summed E-state index contributed by atoms with van der Waals surface area (Å²) in [6.07, 6.45) is 10.3. The first kappa shape index (κ1) is 22.8. The van der Waals surface area contributed by atoms with Gasteiger partial charge in [-0.2, -0.15) is 4.31 Å². The van der Waals surface area contributed by atoms with Crippen LogP contribution >= 0.6 is 0 Å². The summed E-state index contributed by atoms with van der Waals surface area (Å²) in [6, 6.07) is 3.75. The van der Waals surface area contributed by atoms with Crippen LogP contribution in [0.4, 0.5) is 0 Å². The van der Waals surface area contributed by atoms with Crippen molar-refractivity contribution in [2.45, 2.75) is 63.3 Å². The summed E-state index contributed by atoms with van der Waals surface area (Å²) in [5.41, 5.74) is 0.315. The Morgan fingerprint density at radius 3 is 2.62 bits per heavy atom. The Kier molecular flexibility index (Phi) is 6.85. The lowest BCUT2D eigenvalue weighted by molar-refractivity contribution is -0.127. The fourth-order valence-corrected chi connectivity index (χ4v) is 6.38. The van der Waals surface area contributed by atoms with Crippen LogP contribution in [0.25, 0.3) is 12.2 Å². The van der Waals surface area contributed by atoms with Crippen LogP contribution in [-0.4, -0.2) is 42.9 Å². The minimum Gasteiger partial charge on any atom is -0.465 e. The molecule has 8 nitrogen and oxygen atoms in total. The van der Waals surface area contributed by atoms with Crippen LogP contribution < -0.4 is 5.32 Å². The van der Waals surface area contributed by atoms with E-state index in [1.807, 2.05) is 0 Å². The molecule has 1 N–H and O–H groups in total. The molecule has 1 aliphatic carbocycles. The van der Waals surface area contributed by atoms with Gasteiger partial charge in [-0.15, -0.1) is 0 Å². The van der Waals surface area contributed by atoms with Gasteiger partial charge in [-0.3, -0.25) is 4.79 Å². The number of hydrogen-bond donors (Lipinski definition) is 1. The van der Waals surface area contributed by atoms with Gasteiger partial charge in [-0.1, -0.05) is 24.9 Å². The van der Waals surface area contributed by atoms with E-state index in [4.69, 9.17) is 8.94 Å². The number of aryl methyl sites for hydroxylation is 1. The normalized spacial score (nSPS) is 23.6. The van der Waals surface area contributed by atoms with Crippen molar-refractivity contribution >= 4 is 28.1 Å². The Morgan fingerprint density at radius 1 is 1.19 bits per heavy atom. The lowest BCUT2D eigenvalue weighted by Gasteiger charge is -2.34. The molecule has 1 saturated carbocycles. The van der Waals surface area contributed by atoms with Crippen LogP contribution in [0.5, 0.6) is 0 Å². The first-order valence-electron chi connectivity index (χ1n) is 11.3. The number of nitrogens with one attached hydrogen (secondary N) is 1. The maximum Gasteiger partial charge on any atom is 0.248 e. The number of hydrogen-bond acceptors (Lipinski definition) is 6. The summed E-state index contributed by atoms with van der Waals surface area (Å²) >= 11 is 0. The monoisotopic (exact) mass is 461 g/mol. The molecule has 1 saturated heterocycles.